The first-order valence-electron chi connectivity index (χ1n) is 8.57. The molecule has 0 saturated heterocycles. The summed E-state index contributed by atoms with van der Waals surface area (Å²) in [7, 11) is 0. The van der Waals surface area contributed by atoms with E-state index in [2.05, 4.69) is 19.9 Å². The van der Waals surface area contributed by atoms with Gasteiger partial charge in [0.2, 0.25) is 0 Å². The molecule has 4 rings (SSSR count). The summed E-state index contributed by atoms with van der Waals surface area (Å²) >= 11 is 0. The summed E-state index contributed by atoms with van der Waals surface area (Å²) in [5.41, 5.74) is 13.1. The lowest BCUT2D eigenvalue weighted by molar-refractivity contribution is 0.482. The fraction of sp³-hybridized carbons (Fsp3) is 0.286. The molecule has 0 saturated carbocycles. The SMILES string of the molecule is Cc1cc(C)cc(Oc2ccc3nc4c(c(N)c3c2)CCCC4)c1. The molecule has 1 aromatic heterocycles. The fourth-order valence-corrected chi connectivity index (χ4v) is 3.63. The van der Waals surface area contributed by atoms with Gasteiger partial charge in [0.25, 0.3) is 0 Å². The van der Waals surface area contributed by atoms with E-state index in [9.17, 15) is 0 Å². The maximum Gasteiger partial charge on any atom is 0.128 e. The van der Waals surface area contributed by atoms with E-state index in [1.165, 1.54) is 35.2 Å². The molecular formula is C21H22N2O. The minimum Gasteiger partial charge on any atom is -0.457 e. The first-order valence-corrected chi connectivity index (χ1v) is 8.57. The molecule has 2 N–H and O–H groups in total. The molecule has 0 fully saturated rings. The van der Waals surface area contributed by atoms with Gasteiger partial charge in [-0.05, 0) is 86.6 Å². The number of fused-ring (bicyclic) bond motifs is 2. The van der Waals surface area contributed by atoms with E-state index in [-0.39, 0.29) is 0 Å². The predicted molar refractivity (Wildman–Crippen MR) is 98.8 cm³/mol. The minimum atomic E-state index is 0.803. The molecule has 0 aliphatic heterocycles. The van der Waals surface area contributed by atoms with Gasteiger partial charge in [-0.15, -0.1) is 0 Å². The molecule has 0 spiro atoms. The van der Waals surface area contributed by atoms with E-state index >= 15 is 0 Å². The van der Waals surface area contributed by atoms with Crippen molar-refractivity contribution in [2.24, 2.45) is 0 Å². The Morgan fingerprint density at radius 1 is 0.917 bits per heavy atom. The summed E-state index contributed by atoms with van der Waals surface area (Å²) in [6.45, 7) is 4.16. The first kappa shape index (κ1) is 15.0. The van der Waals surface area contributed by atoms with Crippen LogP contribution < -0.4 is 10.5 Å². The van der Waals surface area contributed by atoms with Crippen molar-refractivity contribution in [1.29, 1.82) is 0 Å². The summed E-state index contributed by atoms with van der Waals surface area (Å²) in [6.07, 6.45) is 4.48. The van der Waals surface area contributed by atoms with Crippen molar-refractivity contribution in [2.75, 3.05) is 5.73 Å². The number of ether oxygens (including phenoxy) is 1. The zero-order valence-electron chi connectivity index (χ0n) is 14.2. The van der Waals surface area contributed by atoms with Crippen LogP contribution >= 0.6 is 0 Å². The third-order valence-corrected chi connectivity index (χ3v) is 4.71. The number of hydrogen-bond acceptors (Lipinski definition) is 3. The van der Waals surface area contributed by atoms with Gasteiger partial charge >= 0.3 is 0 Å². The lowest BCUT2D eigenvalue weighted by Crippen LogP contribution is -2.09. The van der Waals surface area contributed by atoms with Crippen LogP contribution in [0.15, 0.2) is 36.4 Å². The lowest BCUT2D eigenvalue weighted by Gasteiger charge is -2.19. The molecule has 3 aromatic rings. The van der Waals surface area contributed by atoms with E-state index in [4.69, 9.17) is 15.5 Å². The van der Waals surface area contributed by atoms with Crippen LogP contribution in [0.5, 0.6) is 11.5 Å². The number of hydrogen-bond donors (Lipinski definition) is 1. The number of anilines is 1. The topological polar surface area (TPSA) is 48.1 Å². The molecule has 0 radical (unpaired) electrons. The highest BCUT2D eigenvalue weighted by molar-refractivity contribution is 5.93. The summed E-state index contributed by atoms with van der Waals surface area (Å²) in [5, 5.41) is 0.998. The number of pyridine rings is 1. The smallest absolute Gasteiger partial charge is 0.128 e. The van der Waals surface area contributed by atoms with E-state index < -0.39 is 0 Å². The van der Waals surface area contributed by atoms with Gasteiger partial charge in [0.1, 0.15) is 11.5 Å². The molecule has 0 bridgehead atoms. The van der Waals surface area contributed by atoms with Crippen molar-refractivity contribution in [3.05, 3.63) is 58.8 Å². The second kappa shape index (κ2) is 5.82. The van der Waals surface area contributed by atoms with Crippen molar-refractivity contribution in [3.8, 4) is 11.5 Å². The van der Waals surface area contributed by atoms with Crippen molar-refractivity contribution in [1.82, 2.24) is 4.98 Å². The van der Waals surface area contributed by atoms with Crippen LogP contribution in [0, 0.1) is 13.8 Å². The highest BCUT2D eigenvalue weighted by Gasteiger charge is 2.16. The molecule has 1 aliphatic carbocycles. The Hall–Kier alpha value is -2.55. The first-order chi connectivity index (χ1) is 11.6. The monoisotopic (exact) mass is 318 g/mol. The average Bonchev–Trinajstić information content (AvgIpc) is 2.55. The van der Waals surface area contributed by atoms with Crippen LogP contribution in [-0.4, -0.2) is 4.98 Å². The van der Waals surface area contributed by atoms with E-state index in [1.807, 2.05) is 30.3 Å². The Morgan fingerprint density at radius 3 is 2.46 bits per heavy atom. The standard InChI is InChI=1S/C21H22N2O/c1-13-9-14(2)11-16(10-13)24-15-7-8-20-18(12-15)21(22)17-5-3-4-6-19(17)23-20/h7-12H,3-6H2,1-2H3,(H2,22,23). The van der Waals surface area contributed by atoms with Gasteiger partial charge in [0.05, 0.1) is 5.52 Å². The van der Waals surface area contributed by atoms with Gasteiger partial charge in [-0.2, -0.15) is 0 Å². The Kier molecular flexibility index (Phi) is 3.64. The summed E-state index contributed by atoms with van der Waals surface area (Å²) in [6, 6.07) is 12.2. The molecule has 122 valence electrons. The fourth-order valence-electron chi connectivity index (χ4n) is 3.63. The minimum absolute atomic E-state index is 0.803. The lowest BCUT2D eigenvalue weighted by atomic mass is 9.93. The van der Waals surface area contributed by atoms with Crippen LogP contribution in [-0.2, 0) is 12.8 Å². The molecule has 0 atom stereocenters. The Bertz CT molecular complexity index is 911. The van der Waals surface area contributed by atoms with Crippen LogP contribution in [0.4, 0.5) is 5.69 Å². The van der Waals surface area contributed by atoms with Crippen molar-refractivity contribution >= 4 is 16.6 Å². The zero-order valence-corrected chi connectivity index (χ0v) is 14.2. The molecule has 3 heteroatoms. The number of nitrogens with two attached hydrogens (primary N) is 1. The highest BCUT2D eigenvalue weighted by Crippen LogP contribution is 2.34. The van der Waals surface area contributed by atoms with Crippen molar-refractivity contribution in [2.45, 2.75) is 39.5 Å². The quantitative estimate of drug-likeness (QED) is 0.714. The predicted octanol–water partition coefficient (Wildman–Crippen LogP) is 5.10. The molecule has 24 heavy (non-hydrogen) atoms. The molecule has 0 unspecified atom stereocenters. The van der Waals surface area contributed by atoms with Gasteiger partial charge in [-0.1, -0.05) is 6.07 Å². The summed E-state index contributed by atoms with van der Waals surface area (Å²) in [5.74, 6) is 1.66. The third-order valence-electron chi connectivity index (χ3n) is 4.71. The normalized spacial score (nSPS) is 13.8. The second-order valence-electron chi connectivity index (χ2n) is 6.76. The Labute approximate surface area is 142 Å². The molecular weight excluding hydrogens is 296 g/mol. The van der Waals surface area contributed by atoms with Gasteiger partial charge in [0, 0.05) is 16.8 Å². The van der Waals surface area contributed by atoms with Gasteiger partial charge in [-0.3, -0.25) is 4.98 Å². The van der Waals surface area contributed by atoms with E-state index in [0.29, 0.717) is 0 Å². The maximum absolute atomic E-state index is 6.45. The third kappa shape index (κ3) is 2.71. The van der Waals surface area contributed by atoms with Crippen LogP contribution in [0.1, 0.15) is 35.2 Å². The summed E-state index contributed by atoms with van der Waals surface area (Å²) in [4.78, 5) is 4.82. The molecule has 2 aromatic carbocycles. The van der Waals surface area contributed by atoms with Crippen molar-refractivity contribution in [3.63, 3.8) is 0 Å². The van der Waals surface area contributed by atoms with Gasteiger partial charge < -0.3 is 10.5 Å². The second-order valence-corrected chi connectivity index (χ2v) is 6.76. The number of rotatable bonds is 2. The molecule has 0 amide bonds. The number of nitrogens with zero attached hydrogens (tertiary/aromatic N) is 1. The van der Waals surface area contributed by atoms with Gasteiger partial charge in [0.15, 0.2) is 0 Å². The zero-order chi connectivity index (χ0) is 16.7. The van der Waals surface area contributed by atoms with Gasteiger partial charge in [-0.25, -0.2) is 0 Å². The van der Waals surface area contributed by atoms with Crippen LogP contribution in [0.25, 0.3) is 10.9 Å². The number of aryl methyl sites for hydroxylation is 3. The van der Waals surface area contributed by atoms with E-state index in [0.717, 1.165) is 40.9 Å². The summed E-state index contributed by atoms with van der Waals surface area (Å²) < 4.78 is 6.06. The average molecular weight is 318 g/mol. The van der Waals surface area contributed by atoms with Crippen molar-refractivity contribution < 1.29 is 4.74 Å². The molecule has 3 nitrogen and oxygen atoms in total. The highest BCUT2D eigenvalue weighted by atomic mass is 16.5. The van der Waals surface area contributed by atoms with Crippen LogP contribution in [0.3, 0.4) is 0 Å². The number of aromatic nitrogens is 1. The Balaban J connectivity index is 1.76. The molecule has 1 heterocycles. The maximum atomic E-state index is 6.45. The Morgan fingerprint density at radius 2 is 1.67 bits per heavy atom. The number of nitrogen functional groups attached to an aromatic ring is 1. The van der Waals surface area contributed by atoms with Crippen LogP contribution in [0.2, 0.25) is 0 Å². The largest absolute Gasteiger partial charge is 0.457 e. The van der Waals surface area contributed by atoms with E-state index in [1.54, 1.807) is 0 Å². The molecule has 1 aliphatic rings. The number of benzene rings is 2.